The van der Waals surface area contributed by atoms with Gasteiger partial charge in [0.05, 0.1) is 18.6 Å². The standard InChI is InChI=1S/C15H19NO5/c1-20-13-7-12(14(17)18)8-16(9-13)15(19)21-10-11-5-3-2-4-6-11/h2-6,12-13H,7-10H2,1H3,(H,17,18)/t12-,13-/m1/s1. The fourth-order valence-electron chi connectivity index (χ4n) is 2.36. The minimum absolute atomic E-state index is 0.156. The third-order valence-electron chi connectivity index (χ3n) is 3.56. The molecule has 6 nitrogen and oxygen atoms in total. The second kappa shape index (κ2) is 7.08. The van der Waals surface area contributed by atoms with Crippen LogP contribution in [-0.2, 0) is 20.9 Å². The van der Waals surface area contributed by atoms with E-state index in [2.05, 4.69) is 0 Å². The van der Waals surface area contributed by atoms with Gasteiger partial charge in [0, 0.05) is 13.7 Å². The van der Waals surface area contributed by atoms with Gasteiger partial charge in [-0.15, -0.1) is 0 Å². The monoisotopic (exact) mass is 293 g/mol. The number of hydrogen-bond donors (Lipinski definition) is 1. The van der Waals surface area contributed by atoms with Crippen molar-refractivity contribution in [3.63, 3.8) is 0 Å². The summed E-state index contributed by atoms with van der Waals surface area (Å²) in [5.41, 5.74) is 0.890. The normalized spacial score (nSPS) is 21.9. The Morgan fingerprint density at radius 2 is 2.00 bits per heavy atom. The van der Waals surface area contributed by atoms with Crippen LogP contribution < -0.4 is 0 Å². The second-order valence-corrected chi connectivity index (χ2v) is 5.07. The zero-order chi connectivity index (χ0) is 15.2. The Balaban J connectivity index is 1.92. The van der Waals surface area contributed by atoms with Gasteiger partial charge in [0.1, 0.15) is 6.61 Å². The van der Waals surface area contributed by atoms with E-state index in [9.17, 15) is 9.59 Å². The molecule has 0 radical (unpaired) electrons. The topological polar surface area (TPSA) is 76.1 Å². The van der Waals surface area contributed by atoms with Crippen LogP contribution in [0.2, 0.25) is 0 Å². The number of carboxylic acids is 1. The van der Waals surface area contributed by atoms with Crippen LogP contribution in [0.1, 0.15) is 12.0 Å². The van der Waals surface area contributed by atoms with Gasteiger partial charge in [-0.05, 0) is 12.0 Å². The first-order chi connectivity index (χ1) is 10.1. The molecule has 1 amide bonds. The third-order valence-corrected chi connectivity index (χ3v) is 3.56. The SMILES string of the molecule is CO[C@@H]1C[C@@H](C(=O)O)CN(C(=O)OCc2ccccc2)C1. The van der Waals surface area contributed by atoms with Crippen molar-refractivity contribution in [1.82, 2.24) is 4.90 Å². The minimum atomic E-state index is -0.919. The fraction of sp³-hybridized carbons (Fsp3) is 0.467. The van der Waals surface area contributed by atoms with E-state index in [1.807, 2.05) is 30.3 Å². The van der Waals surface area contributed by atoms with Crippen molar-refractivity contribution in [2.24, 2.45) is 5.92 Å². The van der Waals surface area contributed by atoms with Gasteiger partial charge in [-0.1, -0.05) is 30.3 Å². The lowest BCUT2D eigenvalue weighted by atomic mass is 9.96. The number of benzene rings is 1. The summed E-state index contributed by atoms with van der Waals surface area (Å²) in [4.78, 5) is 24.6. The van der Waals surface area contributed by atoms with Crippen molar-refractivity contribution in [2.75, 3.05) is 20.2 Å². The quantitative estimate of drug-likeness (QED) is 0.915. The number of amides is 1. The lowest BCUT2D eigenvalue weighted by molar-refractivity contribution is -0.145. The number of carbonyl (C=O) groups is 2. The molecule has 1 aliphatic heterocycles. The van der Waals surface area contributed by atoms with Crippen LogP contribution in [0.25, 0.3) is 0 Å². The number of aliphatic carboxylic acids is 1. The van der Waals surface area contributed by atoms with E-state index in [0.29, 0.717) is 13.0 Å². The molecule has 1 N–H and O–H groups in total. The van der Waals surface area contributed by atoms with Crippen molar-refractivity contribution >= 4 is 12.1 Å². The van der Waals surface area contributed by atoms with Crippen LogP contribution in [0.3, 0.4) is 0 Å². The van der Waals surface area contributed by atoms with Crippen molar-refractivity contribution in [1.29, 1.82) is 0 Å². The maximum Gasteiger partial charge on any atom is 0.410 e. The molecule has 1 aromatic carbocycles. The van der Waals surface area contributed by atoms with Crippen LogP contribution in [0.5, 0.6) is 0 Å². The van der Waals surface area contributed by atoms with E-state index >= 15 is 0 Å². The van der Waals surface area contributed by atoms with E-state index in [4.69, 9.17) is 14.6 Å². The van der Waals surface area contributed by atoms with Gasteiger partial charge in [-0.3, -0.25) is 4.79 Å². The average Bonchev–Trinajstić information content (AvgIpc) is 2.53. The van der Waals surface area contributed by atoms with E-state index in [-0.39, 0.29) is 19.3 Å². The number of nitrogens with zero attached hydrogens (tertiary/aromatic N) is 1. The van der Waals surface area contributed by atoms with Crippen LogP contribution in [-0.4, -0.2) is 48.4 Å². The number of likely N-dealkylation sites (tertiary alicyclic amines) is 1. The molecule has 1 heterocycles. The van der Waals surface area contributed by atoms with Crippen molar-refractivity contribution in [2.45, 2.75) is 19.1 Å². The van der Waals surface area contributed by atoms with Crippen LogP contribution in [0, 0.1) is 5.92 Å². The number of carbonyl (C=O) groups excluding carboxylic acids is 1. The maximum atomic E-state index is 12.1. The molecular formula is C15H19NO5. The smallest absolute Gasteiger partial charge is 0.410 e. The molecule has 2 atom stereocenters. The van der Waals surface area contributed by atoms with Crippen molar-refractivity contribution in [3.8, 4) is 0 Å². The van der Waals surface area contributed by atoms with E-state index < -0.39 is 18.0 Å². The summed E-state index contributed by atoms with van der Waals surface area (Å²) in [6.45, 7) is 0.683. The van der Waals surface area contributed by atoms with Gasteiger partial charge in [-0.25, -0.2) is 4.79 Å². The highest BCUT2D eigenvalue weighted by Crippen LogP contribution is 2.20. The first-order valence-corrected chi connectivity index (χ1v) is 6.81. The molecule has 0 saturated carbocycles. The highest BCUT2D eigenvalue weighted by molar-refractivity contribution is 5.73. The lowest BCUT2D eigenvalue weighted by Crippen LogP contribution is -2.49. The van der Waals surface area contributed by atoms with E-state index in [1.54, 1.807) is 0 Å². The van der Waals surface area contributed by atoms with E-state index in [1.165, 1.54) is 12.0 Å². The van der Waals surface area contributed by atoms with Crippen LogP contribution >= 0.6 is 0 Å². The Morgan fingerprint density at radius 1 is 1.29 bits per heavy atom. The molecule has 0 unspecified atom stereocenters. The number of piperidine rings is 1. The zero-order valence-electron chi connectivity index (χ0n) is 11.9. The molecule has 2 rings (SSSR count). The molecule has 0 bridgehead atoms. The number of hydrogen-bond acceptors (Lipinski definition) is 4. The Labute approximate surface area is 123 Å². The van der Waals surface area contributed by atoms with Gasteiger partial charge < -0.3 is 19.5 Å². The van der Waals surface area contributed by atoms with Gasteiger partial charge in [0.2, 0.25) is 0 Å². The fourth-order valence-corrected chi connectivity index (χ4v) is 2.36. The molecule has 1 aromatic rings. The number of ether oxygens (including phenoxy) is 2. The summed E-state index contributed by atoms with van der Waals surface area (Å²) >= 11 is 0. The van der Waals surface area contributed by atoms with Crippen molar-refractivity contribution < 1.29 is 24.2 Å². The van der Waals surface area contributed by atoms with Crippen molar-refractivity contribution in [3.05, 3.63) is 35.9 Å². The number of methoxy groups -OCH3 is 1. The number of carboxylic acid groups (broad SMARTS) is 1. The number of rotatable bonds is 4. The third kappa shape index (κ3) is 4.19. The lowest BCUT2D eigenvalue weighted by Gasteiger charge is -2.34. The second-order valence-electron chi connectivity index (χ2n) is 5.07. The Morgan fingerprint density at radius 3 is 2.62 bits per heavy atom. The Hall–Kier alpha value is -2.08. The first kappa shape index (κ1) is 15.3. The molecule has 6 heteroatoms. The van der Waals surface area contributed by atoms with E-state index in [0.717, 1.165) is 5.56 Å². The summed E-state index contributed by atoms with van der Waals surface area (Å²) < 4.78 is 10.4. The molecule has 21 heavy (non-hydrogen) atoms. The Kier molecular flexibility index (Phi) is 5.16. The Bertz CT molecular complexity index is 490. The van der Waals surface area contributed by atoms with Gasteiger partial charge in [-0.2, -0.15) is 0 Å². The molecule has 0 spiro atoms. The van der Waals surface area contributed by atoms with Crippen LogP contribution in [0.4, 0.5) is 4.79 Å². The van der Waals surface area contributed by atoms with Gasteiger partial charge >= 0.3 is 12.1 Å². The molecular weight excluding hydrogens is 274 g/mol. The van der Waals surface area contributed by atoms with Gasteiger partial charge in [0.25, 0.3) is 0 Å². The molecule has 0 aromatic heterocycles. The molecule has 1 fully saturated rings. The summed E-state index contributed by atoms with van der Waals surface area (Å²) in [7, 11) is 1.52. The predicted molar refractivity (Wildman–Crippen MR) is 74.7 cm³/mol. The highest BCUT2D eigenvalue weighted by Gasteiger charge is 2.34. The average molecular weight is 293 g/mol. The molecule has 1 saturated heterocycles. The minimum Gasteiger partial charge on any atom is -0.481 e. The maximum absolute atomic E-state index is 12.1. The predicted octanol–water partition coefficient (Wildman–Crippen LogP) is 1.74. The molecule has 0 aliphatic carbocycles. The zero-order valence-corrected chi connectivity index (χ0v) is 11.9. The molecule has 1 aliphatic rings. The summed E-state index contributed by atoms with van der Waals surface area (Å²) in [6.07, 6.45) is -0.370. The summed E-state index contributed by atoms with van der Waals surface area (Å²) in [6, 6.07) is 9.34. The van der Waals surface area contributed by atoms with Gasteiger partial charge in [0.15, 0.2) is 0 Å². The van der Waals surface area contributed by atoms with Crippen LogP contribution in [0.15, 0.2) is 30.3 Å². The summed E-state index contributed by atoms with van der Waals surface area (Å²) in [5.74, 6) is -1.54. The highest BCUT2D eigenvalue weighted by atomic mass is 16.6. The molecule has 114 valence electrons. The first-order valence-electron chi connectivity index (χ1n) is 6.81. The summed E-state index contributed by atoms with van der Waals surface area (Å²) in [5, 5.41) is 9.12. The largest absolute Gasteiger partial charge is 0.481 e.